The maximum atomic E-state index is 10.7. The van der Waals surface area contributed by atoms with Gasteiger partial charge in [0.2, 0.25) is 0 Å². The zero-order valence-corrected chi connectivity index (χ0v) is 12.4. The second-order valence-electron chi connectivity index (χ2n) is 5.27. The molecule has 0 aliphatic carbocycles. The van der Waals surface area contributed by atoms with Gasteiger partial charge in [-0.15, -0.1) is 0 Å². The summed E-state index contributed by atoms with van der Waals surface area (Å²) in [5.74, 6) is 0.886. The van der Waals surface area contributed by atoms with Gasteiger partial charge < -0.3 is 11.1 Å². The monoisotopic (exact) mass is 320 g/mol. The Labute approximate surface area is 135 Å². The Morgan fingerprint density at radius 3 is 2.62 bits per heavy atom. The van der Waals surface area contributed by atoms with E-state index in [-0.39, 0.29) is 5.69 Å². The zero-order valence-electron chi connectivity index (χ0n) is 12.4. The number of pyridine rings is 1. The average molecular weight is 320 g/mol. The van der Waals surface area contributed by atoms with Crippen LogP contribution in [0, 0.1) is 10.1 Å². The number of fused-ring (bicyclic) bond motifs is 3. The van der Waals surface area contributed by atoms with E-state index in [4.69, 9.17) is 5.73 Å². The van der Waals surface area contributed by atoms with Gasteiger partial charge >= 0.3 is 0 Å². The van der Waals surface area contributed by atoms with E-state index in [9.17, 15) is 10.1 Å². The molecule has 0 aliphatic rings. The molecule has 0 aliphatic heterocycles. The molecule has 0 bridgehead atoms. The minimum absolute atomic E-state index is 0.0278. The molecule has 0 unspecified atom stereocenters. The molecule has 0 amide bonds. The van der Waals surface area contributed by atoms with E-state index in [1.807, 2.05) is 24.3 Å². The number of nitro groups is 1. The van der Waals surface area contributed by atoms with Crippen molar-refractivity contribution in [3.8, 4) is 0 Å². The third kappa shape index (κ3) is 2.17. The van der Waals surface area contributed by atoms with Crippen LogP contribution < -0.4 is 11.1 Å². The first-order valence-corrected chi connectivity index (χ1v) is 7.17. The summed E-state index contributed by atoms with van der Waals surface area (Å²) in [6.45, 7) is 0. The summed E-state index contributed by atoms with van der Waals surface area (Å²) in [6.07, 6.45) is 0. The van der Waals surface area contributed by atoms with E-state index in [2.05, 4.69) is 20.5 Å². The molecular weight excluding hydrogens is 308 g/mol. The number of hydrogen-bond donors (Lipinski definition) is 3. The summed E-state index contributed by atoms with van der Waals surface area (Å²) in [4.78, 5) is 14.9. The number of H-pyrrole nitrogens is 1. The molecule has 2 aromatic heterocycles. The van der Waals surface area contributed by atoms with E-state index >= 15 is 0 Å². The van der Waals surface area contributed by atoms with E-state index < -0.39 is 4.92 Å². The number of non-ortho nitro benzene ring substituents is 1. The summed E-state index contributed by atoms with van der Waals surface area (Å²) in [6, 6.07) is 13.8. The average Bonchev–Trinajstić information content (AvgIpc) is 2.98. The van der Waals surface area contributed by atoms with Crippen LogP contribution in [0.1, 0.15) is 0 Å². The van der Waals surface area contributed by atoms with Gasteiger partial charge in [0.25, 0.3) is 5.69 Å². The Morgan fingerprint density at radius 1 is 1.12 bits per heavy atom. The van der Waals surface area contributed by atoms with Gasteiger partial charge in [0.05, 0.1) is 21.3 Å². The number of para-hydroxylation sites is 1. The number of nitrogen functional groups attached to an aromatic ring is 1. The van der Waals surface area contributed by atoms with Gasteiger partial charge in [0.1, 0.15) is 5.82 Å². The quantitative estimate of drug-likeness (QED) is 0.393. The summed E-state index contributed by atoms with van der Waals surface area (Å²) in [5.41, 5.74) is 8.26. The molecular formula is C16H12N6O2. The summed E-state index contributed by atoms with van der Waals surface area (Å²) in [7, 11) is 0. The largest absolute Gasteiger partial charge is 0.382 e. The van der Waals surface area contributed by atoms with Crippen molar-refractivity contribution in [2.24, 2.45) is 0 Å². The number of benzene rings is 2. The van der Waals surface area contributed by atoms with Crippen molar-refractivity contribution in [2.75, 3.05) is 11.1 Å². The van der Waals surface area contributed by atoms with Crippen LogP contribution in [-0.2, 0) is 0 Å². The fraction of sp³-hybridized carbons (Fsp3) is 0. The molecule has 0 atom stereocenters. The van der Waals surface area contributed by atoms with Gasteiger partial charge in [-0.1, -0.05) is 18.2 Å². The van der Waals surface area contributed by atoms with Crippen molar-refractivity contribution >= 4 is 44.8 Å². The molecule has 118 valence electrons. The van der Waals surface area contributed by atoms with Crippen LogP contribution >= 0.6 is 0 Å². The SMILES string of the molecule is Nc1n[nH]c2c1c(Nc1ccc([N+](=O)[O-])cc1)nc1ccccc12. The first kappa shape index (κ1) is 13.9. The van der Waals surface area contributed by atoms with Crippen LogP contribution in [0.15, 0.2) is 48.5 Å². The second-order valence-corrected chi connectivity index (χ2v) is 5.27. The summed E-state index contributed by atoms with van der Waals surface area (Å²) < 4.78 is 0. The number of nitro benzene ring substituents is 1. The van der Waals surface area contributed by atoms with Crippen LogP contribution in [0.3, 0.4) is 0 Å². The van der Waals surface area contributed by atoms with Crippen LogP contribution in [0.25, 0.3) is 21.8 Å². The normalized spacial score (nSPS) is 11.0. The lowest BCUT2D eigenvalue weighted by atomic mass is 10.1. The first-order chi connectivity index (χ1) is 11.6. The number of nitrogens with one attached hydrogen (secondary N) is 2. The maximum absolute atomic E-state index is 10.7. The second kappa shape index (κ2) is 5.20. The Bertz CT molecular complexity index is 1070. The maximum Gasteiger partial charge on any atom is 0.269 e. The fourth-order valence-corrected chi connectivity index (χ4v) is 2.64. The Balaban J connectivity index is 1.85. The lowest BCUT2D eigenvalue weighted by Gasteiger charge is -2.09. The molecule has 2 aromatic carbocycles. The molecule has 4 N–H and O–H groups in total. The van der Waals surface area contributed by atoms with Gasteiger partial charge in [-0.2, -0.15) is 5.10 Å². The number of aromatic amines is 1. The summed E-state index contributed by atoms with van der Waals surface area (Å²) in [5, 5.41) is 22.5. The third-order valence-corrected chi connectivity index (χ3v) is 3.78. The highest BCUT2D eigenvalue weighted by atomic mass is 16.6. The number of rotatable bonds is 3. The van der Waals surface area contributed by atoms with Crippen LogP contribution in [0.4, 0.5) is 23.0 Å². The molecule has 0 spiro atoms. The highest BCUT2D eigenvalue weighted by molar-refractivity contribution is 6.12. The lowest BCUT2D eigenvalue weighted by molar-refractivity contribution is -0.384. The number of nitrogens with two attached hydrogens (primary N) is 1. The Kier molecular flexibility index (Phi) is 3.02. The van der Waals surface area contributed by atoms with Gasteiger partial charge in [-0.3, -0.25) is 15.2 Å². The molecule has 0 fully saturated rings. The van der Waals surface area contributed by atoms with E-state index in [1.54, 1.807) is 12.1 Å². The number of anilines is 3. The van der Waals surface area contributed by atoms with E-state index in [1.165, 1.54) is 12.1 Å². The van der Waals surface area contributed by atoms with Gasteiger partial charge in [0, 0.05) is 23.2 Å². The molecule has 24 heavy (non-hydrogen) atoms. The molecule has 2 heterocycles. The molecule has 8 nitrogen and oxygen atoms in total. The van der Waals surface area contributed by atoms with Crippen LogP contribution in [0.2, 0.25) is 0 Å². The van der Waals surface area contributed by atoms with Crippen LogP contribution in [-0.4, -0.2) is 20.1 Å². The topological polar surface area (TPSA) is 123 Å². The van der Waals surface area contributed by atoms with Crippen LogP contribution in [0.5, 0.6) is 0 Å². The molecule has 4 rings (SSSR count). The van der Waals surface area contributed by atoms with Crippen molar-refractivity contribution in [3.05, 3.63) is 58.6 Å². The predicted molar refractivity (Wildman–Crippen MR) is 92.2 cm³/mol. The number of hydrogen-bond acceptors (Lipinski definition) is 6. The van der Waals surface area contributed by atoms with E-state index in [0.717, 1.165) is 16.4 Å². The first-order valence-electron chi connectivity index (χ1n) is 7.17. The van der Waals surface area contributed by atoms with E-state index in [0.29, 0.717) is 22.7 Å². The number of aromatic nitrogens is 3. The minimum atomic E-state index is -0.440. The van der Waals surface area contributed by atoms with Gasteiger partial charge in [-0.05, 0) is 18.2 Å². The molecule has 0 saturated heterocycles. The van der Waals surface area contributed by atoms with Gasteiger partial charge in [0.15, 0.2) is 5.82 Å². The highest BCUT2D eigenvalue weighted by Gasteiger charge is 2.14. The van der Waals surface area contributed by atoms with Gasteiger partial charge in [-0.25, -0.2) is 4.98 Å². The molecule has 0 saturated carbocycles. The van der Waals surface area contributed by atoms with Crippen molar-refractivity contribution in [3.63, 3.8) is 0 Å². The van der Waals surface area contributed by atoms with Crippen molar-refractivity contribution in [1.82, 2.24) is 15.2 Å². The Morgan fingerprint density at radius 2 is 1.88 bits per heavy atom. The highest BCUT2D eigenvalue weighted by Crippen LogP contribution is 2.33. The van der Waals surface area contributed by atoms with Crippen molar-refractivity contribution in [2.45, 2.75) is 0 Å². The molecule has 0 radical (unpaired) electrons. The third-order valence-electron chi connectivity index (χ3n) is 3.78. The molecule has 8 heteroatoms. The number of nitrogens with zero attached hydrogens (tertiary/aromatic N) is 3. The zero-order chi connectivity index (χ0) is 16.7. The predicted octanol–water partition coefficient (Wildman–Crippen LogP) is 3.35. The molecule has 4 aromatic rings. The lowest BCUT2D eigenvalue weighted by Crippen LogP contribution is -1.97. The summed E-state index contributed by atoms with van der Waals surface area (Å²) >= 11 is 0. The van der Waals surface area contributed by atoms with Crippen molar-refractivity contribution in [1.29, 1.82) is 0 Å². The smallest absolute Gasteiger partial charge is 0.269 e. The minimum Gasteiger partial charge on any atom is -0.382 e. The Hall–Kier alpha value is -3.68. The fourth-order valence-electron chi connectivity index (χ4n) is 2.64. The standard InChI is InChI=1S/C16H12N6O2/c17-15-13-14(20-21-15)11-3-1-2-4-12(11)19-16(13)18-9-5-7-10(8-6-9)22(23)24/h1-8H,(H,18,19)(H3,17,20,21). The van der Waals surface area contributed by atoms with Crippen molar-refractivity contribution < 1.29 is 4.92 Å².